The number of methoxy groups -OCH3 is 1. The number of hydrogen-bond acceptors (Lipinski definition) is 6. The van der Waals surface area contributed by atoms with E-state index in [9.17, 15) is 9.59 Å². The Morgan fingerprint density at radius 1 is 1.15 bits per heavy atom. The quantitative estimate of drug-likeness (QED) is 0.751. The van der Waals surface area contributed by atoms with Crippen molar-refractivity contribution in [3.8, 4) is 17.1 Å². The van der Waals surface area contributed by atoms with Crippen molar-refractivity contribution >= 4 is 23.7 Å². The minimum atomic E-state index is -0.535. The van der Waals surface area contributed by atoms with Crippen LogP contribution in [0.5, 0.6) is 5.75 Å². The Bertz CT molecular complexity index is 773. The summed E-state index contributed by atoms with van der Waals surface area (Å²) in [5.74, 6) is 1.08. The smallest absolute Gasteiger partial charge is 0.321 e. The van der Waals surface area contributed by atoms with Gasteiger partial charge in [0.05, 0.1) is 12.4 Å². The van der Waals surface area contributed by atoms with Gasteiger partial charge in [-0.1, -0.05) is 11.8 Å². The van der Waals surface area contributed by atoms with Gasteiger partial charge in [-0.25, -0.2) is 4.79 Å². The van der Waals surface area contributed by atoms with Crippen molar-refractivity contribution in [3.05, 3.63) is 24.3 Å². The summed E-state index contributed by atoms with van der Waals surface area (Å²) in [6, 6.07) is 7.11. The zero-order chi connectivity index (χ0) is 19.3. The summed E-state index contributed by atoms with van der Waals surface area (Å²) in [7, 11) is 3.07. The first-order valence-electron chi connectivity index (χ1n) is 8.16. The zero-order valence-corrected chi connectivity index (χ0v) is 16.3. The Morgan fingerprint density at radius 3 is 2.35 bits per heavy atom. The van der Waals surface area contributed by atoms with Crippen molar-refractivity contribution in [3.63, 3.8) is 0 Å². The number of carbonyl (C=O) groups is 2. The molecule has 9 heteroatoms. The number of imide groups is 1. The van der Waals surface area contributed by atoms with Crippen LogP contribution in [0, 0.1) is 0 Å². The Hall–Kier alpha value is -2.55. The molecule has 2 N–H and O–H groups in total. The first-order chi connectivity index (χ1) is 12.4. The molecule has 1 atom stereocenters. The summed E-state index contributed by atoms with van der Waals surface area (Å²) < 4.78 is 7.15. The molecule has 1 heterocycles. The summed E-state index contributed by atoms with van der Waals surface area (Å²) in [6.07, 6.45) is 0. The van der Waals surface area contributed by atoms with E-state index in [0.29, 0.717) is 11.0 Å². The van der Waals surface area contributed by atoms with Crippen LogP contribution in [-0.2, 0) is 4.79 Å². The number of nitrogens with one attached hydrogen (secondary N) is 2. The fraction of sp³-hybridized carbons (Fsp3) is 0.412. The maximum absolute atomic E-state index is 12.1. The third kappa shape index (κ3) is 4.54. The number of urea groups is 1. The lowest BCUT2D eigenvalue weighted by Gasteiger charge is -2.16. The summed E-state index contributed by atoms with van der Waals surface area (Å²) in [5, 5.41) is 13.3. The zero-order valence-electron chi connectivity index (χ0n) is 15.4. The van der Waals surface area contributed by atoms with Crippen LogP contribution in [0.1, 0.15) is 26.8 Å². The second kappa shape index (κ2) is 8.70. The molecule has 1 aromatic heterocycles. The Morgan fingerprint density at radius 2 is 1.81 bits per heavy atom. The van der Waals surface area contributed by atoms with E-state index in [1.807, 2.05) is 42.7 Å². The molecule has 2 aromatic rings. The van der Waals surface area contributed by atoms with Crippen molar-refractivity contribution in [2.24, 2.45) is 0 Å². The van der Waals surface area contributed by atoms with Gasteiger partial charge in [-0.2, -0.15) is 0 Å². The van der Waals surface area contributed by atoms with Crippen LogP contribution in [0.4, 0.5) is 4.79 Å². The van der Waals surface area contributed by atoms with Gasteiger partial charge in [0.1, 0.15) is 5.75 Å². The van der Waals surface area contributed by atoms with Gasteiger partial charge in [-0.3, -0.25) is 14.7 Å². The van der Waals surface area contributed by atoms with E-state index in [-0.39, 0.29) is 6.04 Å². The average Bonchev–Trinajstić information content (AvgIpc) is 3.05. The van der Waals surface area contributed by atoms with Crippen molar-refractivity contribution in [1.82, 2.24) is 25.4 Å². The SMILES string of the molecule is CNC(=O)NC(=O)[C@H](C)Sc1nnc(-c2ccc(OC)cc2)n1C(C)C. The Balaban J connectivity index is 2.25. The number of thioether (sulfide) groups is 1. The number of nitrogens with zero attached hydrogens (tertiary/aromatic N) is 3. The number of hydrogen-bond donors (Lipinski definition) is 2. The molecule has 26 heavy (non-hydrogen) atoms. The highest BCUT2D eigenvalue weighted by molar-refractivity contribution is 8.00. The summed E-state index contributed by atoms with van der Waals surface area (Å²) in [5.41, 5.74) is 0.904. The van der Waals surface area contributed by atoms with E-state index in [0.717, 1.165) is 11.3 Å². The van der Waals surface area contributed by atoms with Crippen molar-refractivity contribution in [2.45, 2.75) is 37.2 Å². The number of carbonyl (C=O) groups excluding carboxylic acids is 2. The van der Waals surface area contributed by atoms with Crippen molar-refractivity contribution < 1.29 is 14.3 Å². The van der Waals surface area contributed by atoms with Gasteiger partial charge in [0, 0.05) is 18.7 Å². The second-order valence-corrected chi connectivity index (χ2v) is 7.13. The lowest BCUT2D eigenvalue weighted by atomic mass is 10.2. The monoisotopic (exact) mass is 377 g/mol. The Labute approximate surface area is 156 Å². The van der Waals surface area contributed by atoms with E-state index >= 15 is 0 Å². The normalized spacial score (nSPS) is 11.9. The van der Waals surface area contributed by atoms with Crippen LogP contribution in [0.2, 0.25) is 0 Å². The number of amides is 3. The molecular formula is C17H23N5O3S. The number of rotatable bonds is 6. The van der Waals surface area contributed by atoms with Gasteiger partial charge in [0.25, 0.3) is 0 Å². The molecule has 0 unspecified atom stereocenters. The minimum absolute atomic E-state index is 0.0961. The Kier molecular flexibility index (Phi) is 6.62. The van der Waals surface area contributed by atoms with E-state index in [1.54, 1.807) is 14.0 Å². The molecule has 0 spiro atoms. The maximum Gasteiger partial charge on any atom is 0.321 e. The van der Waals surface area contributed by atoms with Crippen LogP contribution in [-0.4, -0.2) is 46.1 Å². The first kappa shape index (κ1) is 19.8. The molecule has 0 aliphatic heterocycles. The first-order valence-corrected chi connectivity index (χ1v) is 9.03. The molecule has 140 valence electrons. The lowest BCUT2D eigenvalue weighted by molar-refractivity contribution is -0.119. The van der Waals surface area contributed by atoms with E-state index < -0.39 is 17.2 Å². The van der Waals surface area contributed by atoms with Gasteiger partial charge >= 0.3 is 6.03 Å². The van der Waals surface area contributed by atoms with E-state index in [2.05, 4.69) is 20.8 Å². The molecule has 8 nitrogen and oxygen atoms in total. The minimum Gasteiger partial charge on any atom is -0.497 e. The molecule has 0 saturated carbocycles. The van der Waals surface area contributed by atoms with Crippen LogP contribution in [0.25, 0.3) is 11.4 Å². The van der Waals surface area contributed by atoms with Gasteiger partial charge in [-0.05, 0) is 45.0 Å². The average molecular weight is 377 g/mol. The number of benzene rings is 1. The molecular weight excluding hydrogens is 354 g/mol. The predicted molar refractivity (Wildman–Crippen MR) is 100 cm³/mol. The topological polar surface area (TPSA) is 98.1 Å². The standard InChI is InChI=1S/C17H23N5O3S/c1-10(2)22-14(12-6-8-13(25-5)9-7-12)20-21-17(22)26-11(3)15(23)19-16(24)18-4/h6-11H,1-5H3,(H2,18,19,23,24)/t11-/m0/s1. The second-order valence-electron chi connectivity index (χ2n) is 5.83. The molecule has 0 aliphatic carbocycles. The number of aromatic nitrogens is 3. The van der Waals surface area contributed by atoms with Gasteiger partial charge in [0.2, 0.25) is 5.91 Å². The van der Waals surface area contributed by atoms with E-state index in [4.69, 9.17) is 4.74 Å². The molecule has 2 rings (SSSR count). The predicted octanol–water partition coefficient (Wildman–Crippen LogP) is 2.47. The summed E-state index contributed by atoms with van der Waals surface area (Å²) >= 11 is 1.25. The third-order valence-electron chi connectivity index (χ3n) is 3.64. The molecule has 0 fully saturated rings. The van der Waals surface area contributed by atoms with Crippen LogP contribution in [0.15, 0.2) is 29.4 Å². The molecule has 0 bridgehead atoms. The largest absolute Gasteiger partial charge is 0.497 e. The molecule has 1 aromatic carbocycles. The third-order valence-corrected chi connectivity index (χ3v) is 4.70. The van der Waals surface area contributed by atoms with Crippen molar-refractivity contribution in [1.29, 1.82) is 0 Å². The van der Waals surface area contributed by atoms with Gasteiger partial charge in [0.15, 0.2) is 11.0 Å². The van der Waals surface area contributed by atoms with Gasteiger partial charge < -0.3 is 10.1 Å². The van der Waals surface area contributed by atoms with Crippen LogP contribution >= 0.6 is 11.8 Å². The summed E-state index contributed by atoms with van der Waals surface area (Å²) in [4.78, 5) is 23.4. The van der Waals surface area contributed by atoms with Crippen molar-refractivity contribution in [2.75, 3.05) is 14.2 Å². The molecule has 0 radical (unpaired) electrons. The van der Waals surface area contributed by atoms with Crippen LogP contribution < -0.4 is 15.4 Å². The maximum atomic E-state index is 12.1. The molecule has 0 aliphatic rings. The van der Waals surface area contributed by atoms with Crippen LogP contribution in [0.3, 0.4) is 0 Å². The number of ether oxygens (including phenoxy) is 1. The fourth-order valence-electron chi connectivity index (χ4n) is 2.25. The van der Waals surface area contributed by atoms with Gasteiger partial charge in [-0.15, -0.1) is 10.2 Å². The fourth-order valence-corrected chi connectivity index (χ4v) is 3.23. The lowest BCUT2D eigenvalue weighted by Crippen LogP contribution is -2.41. The van der Waals surface area contributed by atoms with E-state index in [1.165, 1.54) is 18.8 Å². The highest BCUT2D eigenvalue weighted by atomic mass is 32.2. The molecule has 0 saturated heterocycles. The highest BCUT2D eigenvalue weighted by Crippen LogP contribution is 2.30. The summed E-state index contributed by atoms with van der Waals surface area (Å²) in [6.45, 7) is 5.76. The molecule has 3 amide bonds. The highest BCUT2D eigenvalue weighted by Gasteiger charge is 2.23.